The normalized spacial score (nSPS) is 13.7. The fraction of sp³-hybridized carbons (Fsp3) is 0.129. The van der Waals surface area contributed by atoms with Gasteiger partial charge in [0.1, 0.15) is 15.9 Å². The fourth-order valence-corrected chi connectivity index (χ4v) is 9.43. The van der Waals surface area contributed by atoms with Crippen LogP contribution in [0.1, 0.15) is 0 Å². The number of rotatable bonds is 6. The Labute approximate surface area is 246 Å². The maximum atomic E-state index is 6.69. The van der Waals surface area contributed by atoms with Gasteiger partial charge in [-0.3, -0.25) is 0 Å². The predicted molar refractivity (Wildman–Crippen MR) is 170 cm³/mol. The second-order valence-electron chi connectivity index (χ2n) is 8.90. The molecule has 2 heterocycles. The fourth-order valence-electron chi connectivity index (χ4n) is 5.01. The highest BCUT2D eigenvalue weighted by molar-refractivity contribution is 14.0. The molecule has 38 heavy (non-hydrogen) atoms. The van der Waals surface area contributed by atoms with Crippen molar-refractivity contribution in [2.45, 2.75) is 0 Å². The molecule has 6 rings (SSSR count). The van der Waals surface area contributed by atoms with Gasteiger partial charge in [0.25, 0.3) is 11.3 Å². The van der Waals surface area contributed by atoms with Gasteiger partial charge in [0.15, 0.2) is 7.26 Å². The standard InChI is InChI=1S/C31H27ClN2O2P.HI/c32-28-19-11-10-18-27(28)29-33-30(31(36-29)34-20-22-35-23-21-34)37(24-12-4-1-5-13-24,25-14-6-2-7-15-25)26-16-8-3-9-17-26;/h1-19H,20-23H2;1H/q+1;. The van der Waals surface area contributed by atoms with Crippen LogP contribution in [0.15, 0.2) is 120 Å². The lowest BCUT2D eigenvalue weighted by atomic mass is 10.2. The third-order valence-corrected chi connectivity index (χ3v) is 11.2. The molecular weight excluding hydrogens is 626 g/mol. The van der Waals surface area contributed by atoms with E-state index < -0.39 is 7.26 Å². The molecule has 7 heteroatoms. The first kappa shape index (κ1) is 26.9. The van der Waals surface area contributed by atoms with Gasteiger partial charge in [0, 0.05) is 13.1 Å². The number of anilines is 1. The molecule has 1 aliphatic rings. The van der Waals surface area contributed by atoms with E-state index in [1.807, 2.05) is 24.3 Å². The maximum absolute atomic E-state index is 6.69. The highest BCUT2D eigenvalue weighted by atomic mass is 127. The van der Waals surface area contributed by atoms with Crippen molar-refractivity contribution < 1.29 is 9.15 Å². The van der Waals surface area contributed by atoms with Crippen LogP contribution in [-0.2, 0) is 4.74 Å². The number of hydrogen-bond acceptors (Lipinski definition) is 4. The monoisotopic (exact) mass is 653 g/mol. The summed E-state index contributed by atoms with van der Waals surface area (Å²) in [5.41, 5.74) is 1.74. The van der Waals surface area contributed by atoms with Gasteiger partial charge in [-0.1, -0.05) is 78.3 Å². The molecule has 0 aliphatic carbocycles. The Hall–Kier alpha value is -2.70. The summed E-state index contributed by atoms with van der Waals surface area (Å²) in [5.74, 6) is 1.33. The van der Waals surface area contributed by atoms with Crippen LogP contribution in [0.4, 0.5) is 5.88 Å². The van der Waals surface area contributed by atoms with Crippen LogP contribution in [0.3, 0.4) is 0 Å². The molecule has 5 aromatic rings. The van der Waals surface area contributed by atoms with E-state index in [1.165, 1.54) is 15.9 Å². The Bertz CT molecular complexity index is 1380. The van der Waals surface area contributed by atoms with Crippen molar-refractivity contribution in [3.63, 3.8) is 0 Å². The molecular formula is C31H28ClIN2O2P+. The lowest BCUT2D eigenvalue weighted by Crippen LogP contribution is -2.44. The number of benzene rings is 4. The highest BCUT2D eigenvalue weighted by Gasteiger charge is 2.53. The summed E-state index contributed by atoms with van der Waals surface area (Å²) in [5, 5.41) is 4.29. The highest BCUT2D eigenvalue weighted by Crippen LogP contribution is 2.56. The predicted octanol–water partition coefficient (Wildman–Crippen LogP) is 6.07. The van der Waals surface area contributed by atoms with Crippen molar-refractivity contribution in [3.05, 3.63) is 120 Å². The summed E-state index contributed by atoms with van der Waals surface area (Å²) >= 11 is 6.65. The van der Waals surface area contributed by atoms with Crippen LogP contribution in [0, 0.1) is 0 Å². The summed E-state index contributed by atoms with van der Waals surface area (Å²) in [6.07, 6.45) is 0. The van der Waals surface area contributed by atoms with Gasteiger partial charge in [-0.25, -0.2) is 0 Å². The van der Waals surface area contributed by atoms with E-state index >= 15 is 0 Å². The SMILES string of the molecule is Clc1ccccc1-c1nc([P+](c2ccccc2)(c2ccccc2)c2ccccc2)c(N2CCOCC2)o1.I. The Balaban J connectivity index is 0.00000294. The molecule has 1 saturated heterocycles. The summed E-state index contributed by atoms with van der Waals surface area (Å²) in [6.45, 7) is 2.77. The summed E-state index contributed by atoms with van der Waals surface area (Å²) < 4.78 is 12.4. The van der Waals surface area contributed by atoms with Crippen molar-refractivity contribution in [1.82, 2.24) is 4.98 Å². The van der Waals surface area contributed by atoms with Crippen molar-refractivity contribution in [1.29, 1.82) is 0 Å². The van der Waals surface area contributed by atoms with Gasteiger partial charge >= 0.3 is 0 Å². The quantitative estimate of drug-likeness (QED) is 0.165. The van der Waals surface area contributed by atoms with E-state index in [2.05, 4.69) is 95.9 Å². The van der Waals surface area contributed by atoms with Crippen LogP contribution >= 0.6 is 42.8 Å². The average molecular weight is 654 g/mol. The van der Waals surface area contributed by atoms with E-state index in [0.717, 1.165) is 30.0 Å². The first-order valence-electron chi connectivity index (χ1n) is 12.4. The lowest BCUT2D eigenvalue weighted by molar-refractivity contribution is 0.121. The Kier molecular flexibility index (Phi) is 8.49. The van der Waals surface area contributed by atoms with Crippen molar-refractivity contribution in [3.8, 4) is 11.5 Å². The van der Waals surface area contributed by atoms with Gasteiger partial charge in [-0.05, 0) is 48.5 Å². The number of hydrogen-bond donors (Lipinski definition) is 0. The third kappa shape index (κ3) is 4.89. The van der Waals surface area contributed by atoms with Gasteiger partial charge < -0.3 is 14.1 Å². The van der Waals surface area contributed by atoms with E-state index in [9.17, 15) is 0 Å². The zero-order valence-corrected chi connectivity index (χ0v) is 24.7. The second-order valence-corrected chi connectivity index (χ2v) is 12.6. The molecule has 0 amide bonds. The van der Waals surface area contributed by atoms with E-state index in [0.29, 0.717) is 24.1 Å². The molecule has 4 nitrogen and oxygen atoms in total. The number of morpholine rings is 1. The molecule has 4 aromatic carbocycles. The molecule has 0 unspecified atom stereocenters. The van der Waals surface area contributed by atoms with Crippen LogP contribution < -0.4 is 26.2 Å². The minimum Gasteiger partial charge on any atom is -0.416 e. The summed E-state index contributed by atoms with van der Waals surface area (Å²) in [7, 11) is -2.46. The Morgan fingerprint density at radius 1 is 0.658 bits per heavy atom. The molecule has 1 aliphatic heterocycles. The van der Waals surface area contributed by atoms with Crippen LogP contribution in [0.5, 0.6) is 0 Å². The molecule has 1 aromatic heterocycles. The first-order valence-corrected chi connectivity index (χ1v) is 14.6. The van der Waals surface area contributed by atoms with Gasteiger partial charge in [0.2, 0.25) is 5.89 Å². The molecule has 0 bridgehead atoms. The van der Waals surface area contributed by atoms with E-state index in [4.69, 9.17) is 25.7 Å². The molecule has 0 saturated carbocycles. The largest absolute Gasteiger partial charge is 0.416 e. The first-order chi connectivity index (χ1) is 18.3. The lowest BCUT2D eigenvalue weighted by Gasteiger charge is -2.30. The molecule has 0 spiro atoms. The minimum absolute atomic E-state index is 0. The number of oxazole rings is 1. The second kappa shape index (κ2) is 12.0. The number of aromatic nitrogens is 1. The van der Waals surface area contributed by atoms with Crippen molar-refractivity contribution in [2.75, 3.05) is 31.2 Å². The number of ether oxygens (including phenoxy) is 1. The summed E-state index contributed by atoms with van der Waals surface area (Å²) in [4.78, 5) is 7.61. The minimum atomic E-state index is -2.46. The number of nitrogens with zero attached hydrogens (tertiary/aromatic N) is 2. The van der Waals surface area contributed by atoms with Crippen molar-refractivity contribution in [2.24, 2.45) is 0 Å². The number of halogens is 2. The molecule has 192 valence electrons. The summed E-state index contributed by atoms with van der Waals surface area (Å²) in [6, 6.07) is 39.9. The van der Waals surface area contributed by atoms with Crippen molar-refractivity contribution >= 4 is 70.1 Å². The Morgan fingerprint density at radius 3 is 1.63 bits per heavy atom. The smallest absolute Gasteiger partial charge is 0.262 e. The average Bonchev–Trinajstić information content (AvgIpc) is 3.41. The molecule has 0 radical (unpaired) electrons. The van der Waals surface area contributed by atoms with E-state index in [1.54, 1.807) is 0 Å². The van der Waals surface area contributed by atoms with Crippen LogP contribution in [0.2, 0.25) is 5.02 Å². The van der Waals surface area contributed by atoms with Crippen LogP contribution in [-0.4, -0.2) is 31.3 Å². The molecule has 0 N–H and O–H groups in total. The van der Waals surface area contributed by atoms with Gasteiger partial charge in [0.05, 0.1) is 23.8 Å². The van der Waals surface area contributed by atoms with E-state index in [-0.39, 0.29) is 24.0 Å². The zero-order valence-electron chi connectivity index (χ0n) is 20.7. The molecule has 1 fully saturated rings. The zero-order chi connectivity index (χ0) is 25.1. The maximum Gasteiger partial charge on any atom is 0.262 e. The van der Waals surface area contributed by atoms with Gasteiger partial charge in [-0.15, -0.1) is 24.0 Å². The van der Waals surface area contributed by atoms with Crippen LogP contribution in [0.25, 0.3) is 11.5 Å². The third-order valence-electron chi connectivity index (χ3n) is 6.74. The van der Waals surface area contributed by atoms with Gasteiger partial charge in [-0.2, -0.15) is 4.98 Å². The molecule has 0 atom stereocenters. The Morgan fingerprint density at radius 2 is 1.13 bits per heavy atom. The topological polar surface area (TPSA) is 38.5 Å².